The maximum absolute atomic E-state index is 10.3. The van der Waals surface area contributed by atoms with Crippen LogP contribution in [0.2, 0.25) is 0 Å². The molecule has 0 saturated carbocycles. The van der Waals surface area contributed by atoms with Gasteiger partial charge in [0.15, 0.2) is 0 Å². The molecule has 0 aliphatic rings. The second kappa shape index (κ2) is 5.80. The molecule has 1 heterocycles. The molecule has 0 spiro atoms. The van der Waals surface area contributed by atoms with Crippen LogP contribution in [0, 0.1) is 12.8 Å². The van der Waals surface area contributed by atoms with Crippen molar-refractivity contribution in [3.8, 4) is 0 Å². The van der Waals surface area contributed by atoms with Crippen LogP contribution in [0.25, 0.3) is 0 Å². The van der Waals surface area contributed by atoms with Crippen LogP contribution < -0.4 is 5.32 Å². The van der Waals surface area contributed by atoms with E-state index in [1.54, 1.807) is 11.3 Å². The number of nitrogens with one attached hydrogen (secondary N) is 1. The Bertz CT molecular complexity index is 317. The van der Waals surface area contributed by atoms with Crippen LogP contribution >= 0.6 is 11.3 Å². The highest BCUT2D eigenvalue weighted by molar-refractivity contribution is 7.10. The van der Waals surface area contributed by atoms with E-state index in [4.69, 9.17) is 0 Å². The molecule has 0 aliphatic heterocycles. The fourth-order valence-electron chi connectivity index (χ4n) is 1.59. The molecule has 0 aromatic carbocycles. The molecule has 0 saturated heterocycles. The second-order valence-electron chi connectivity index (χ2n) is 5.07. The van der Waals surface area contributed by atoms with Crippen molar-refractivity contribution in [1.82, 2.24) is 5.32 Å². The predicted octanol–water partition coefficient (Wildman–Crippen LogP) is 2.90. The zero-order valence-electron chi connectivity index (χ0n) is 10.7. The van der Waals surface area contributed by atoms with Crippen LogP contribution in [0.3, 0.4) is 0 Å². The van der Waals surface area contributed by atoms with Gasteiger partial charge in [0.1, 0.15) is 0 Å². The number of aryl methyl sites for hydroxylation is 1. The molecule has 0 bridgehead atoms. The van der Waals surface area contributed by atoms with Crippen molar-refractivity contribution >= 4 is 11.3 Å². The van der Waals surface area contributed by atoms with Crippen molar-refractivity contribution in [3.63, 3.8) is 0 Å². The zero-order valence-corrected chi connectivity index (χ0v) is 11.5. The molecular weight excluding hydrogens is 218 g/mol. The Hall–Kier alpha value is -0.380. The van der Waals surface area contributed by atoms with Crippen molar-refractivity contribution in [2.75, 3.05) is 13.1 Å². The summed E-state index contributed by atoms with van der Waals surface area (Å²) >= 11 is 1.69. The second-order valence-corrected chi connectivity index (χ2v) is 6.18. The molecule has 92 valence electrons. The molecule has 16 heavy (non-hydrogen) atoms. The molecule has 1 aromatic heterocycles. The lowest BCUT2D eigenvalue weighted by Crippen LogP contribution is -2.29. The summed E-state index contributed by atoms with van der Waals surface area (Å²) in [7, 11) is 0. The third-order valence-corrected chi connectivity index (χ3v) is 3.56. The van der Waals surface area contributed by atoms with Gasteiger partial charge in [-0.15, -0.1) is 11.3 Å². The van der Waals surface area contributed by atoms with Crippen molar-refractivity contribution in [2.24, 2.45) is 5.92 Å². The highest BCUT2D eigenvalue weighted by Gasteiger charge is 2.23. The average Bonchev–Trinajstić information content (AvgIpc) is 2.60. The van der Waals surface area contributed by atoms with Crippen LogP contribution in [-0.4, -0.2) is 18.2 Å². The Labute approximate surface area is 103 Å². The predicted molar refractivity (Wildman–Crippen MR) is 71.0 cm³/mol. The molecule has 1 rings (SSSR count). The highest BCUT2D eigenvalue weighted by Crippen LogP contribution is 2.28. The maximum Gasteiger partial charge on any atom is 0.0888 e. The minimum absolute atomic E-state index is 0.661. The van der Waals surface area contributed by atoms with E-state index in [-0.39, 0.29) is 0 Å². The maximum atomic E-state index is 10.3. The Balaban J connectivity index is 2.40. The van der Waals surface area contributed by atoms with Gasteiger partial charge in [-0.25, -0.2) is 0 Å². The van der Waals surface area contributed by atoms with Gasteiger partial charge in [-0.2, -0.15) is 0 Å². The SMILES string of the molecule is Cc1cc(C(C)(O)CCNCC(C)C)cs1. The van der Waals surface area contributed by atoms with E-state index >= 15 is 0 Å². The molecule has 0 amide bonds. The summed E-state index contributed by atoms with van der Waals surface area (Å²) in [4.78, 5) is 1.26. The molecule has 0 fully saturated rings. The quantitative estimate of drug-likeness (QED) is 0.751. The van der Waals surface area contributed by atoms with Crippen molar-refractivity contribution < 1.29 is 5.11 Å². The van der Waals surface area contributed by atoms with Crippen LogP contribution in [0.4, 0.5) is 0 Å². The molecule has 1 atom stereocenters. The van der Waals surface area contributed by atoms with Crippen LogP contribution in [0.1, 0.15) is 37.6 Å². The molecule has 0 aliphatic carbocycles. The van der Waals surface area contributed by atoms with Crippen LogP contribution in [0.15, 0.2) is 11.4 Å². The average molecular weight is 241 g/mol. The Morgan fingerprint density at radius 3 is 2.69 bits per heavy atom. The topological polar surface area (TPSA) is 32.3 Å². The normalized spacial score (nSPS) is 15.4. The molecular formula is C13H23NOS. The first-order chi connectivity index (χ1) is 7.42. The fraction of sp³-hybridized carbons (Fsp3) is 0.692. The molecule has 1 unspecified atom stereocenters. The summed E-state index contributed by atoms with van der Waals surface area (Å²) in [5.74, 6) is 0.661. The smallest absolute Gasteiger partial charge is 0.0888 e. The zero-order chi connectivity index (χ0) is 12.2. The molecule has 2 N–H and O–H groups in total. The number of rotatable bonds is 6. The van der Waals surface area contributed by atoms with Gasteiger partial charge < -0.3 is 10.4 Å². The third-order valence-electron chi connectivity index (χ3n) is 2.69. The van der Waals surface area contributed by atoms with Crippen molar-refractivity contribution in [2.45, 2.75) is 39.7 Å². The molecule has 2 nitrogen and oxygen atoms in total. The van der Waals surface area contributed by atoms with E-state index in [1.165, 1.54) is 4.88 Å². The van der Waals surface area contributed by atoms with Gasteiger partial charge in [0.25, 0.3) is 0 Å². The lowest BCUT2D eigenvalue weighted by molar-refractivity contribution is 0.0482. The lowest BCUT2D eigenvalue weighted by Gasteiger charge is -2.22. The number of hydrogen-bond acceptors (Lipinski definition) is 3. The Kier molecular flexibility index (Phi) is 4.96. The Morgan fingerprint density at radius 2 is 2.19 bits per heavy atom. The highest BCUT2D eigenvalue weighted by atomic mass is 32.1. The van der Waals surface area contributed by atoms with Gasteiger partial charge in [-0.05, 0) is 56.3 Å². The largest absolute Gasteiger partial charge is 0.385 e. The number of aliphatic hydroxyl groups is 1. The summed E-state index contributed by atoms with van der Waals surface area (Å²) in [6.45, 7) is 10.2. The van der Waals surface area contributed by atoms with Gasteiger partial charge in [0, 0.05) is 4.88 Å². The van der Waals surface area contributed by atoms with Gasteiger partial charge in [0.2, 0.25) is 0 Å². The Morgan fingerprint density at radius 1 is 1.50 bits per heavy atom. The van der Waals surface area contributed by atoms with Gasteiger partial charge in [0.05, 0.1) is 5.60 Å². The van der Waals surface area contributed by atoms with Gasteiger partial charge in [-0.3, -0.25) is 0 Å². The summed E-state index contributed by atoms with van der Waals surface area (Å²) in [6, 6.07) is 2.08. The first-order valence-electron chi connectivity index (χ1n) is 5.90. The number of hydrogen-bond donors (Lipinski definition) is 2. The van der Waals surface area contributed by atoms with E-state index in [2.05, 4.69) is 37.5 Å². The van der Waals surface area contributed by atoms with E-state index in [0.717, 1.165) is 25.1 Å². The van der Waals surface area contributed by atoms with E-state index in [1.807, 2.05) is 6.92 Å². The van der Waals surface area contributed by atoms with E-state index in [9.17, 15) is 5.11 Å². The van der Waals surface area contributed by atoms with Crippen LogP contribution in [-0.2, 0) is 5.60 Å². The summed E-state index contributed by atoms with van der Waals surface area (Å²) in [5.41, 5.74) is 0.343. The fourth-order valence-corrected chi connectivity index (χ4v) is 2.42. The number of thiophene rings is 1. The van der Waals surface area contributed by atoms with Gasteiger partial charge >= 0.3 is 0 Å². The molecule has 3 heteroatoms. The van der Waals surface area contributed by atoms with Crippen molar-refractivity contribution in [3.05, 3.63) is 21.9 Å². The van der Waals surface area contributed by atoms with Crippen LogP contribution in [0.5, 0.6) is 0 Å². The molecule has 0 radical (unpaired) electrons. The van der Waals surface area contributed by atoms with Crippen molar-refractivity contribution in [1.29, 1.82) is 0 Å². The van der Waals surface area contributed by atoms with E-state index < -0.39 is 5.60 Å². The lowest BCUT2D eigenvalue weighted by atomic mass is 9.95. The summed E-state index contributed by atoms with van der Waals surface area (Å²) < 4.78 is 0. The summed E-state index contributed by atoms with van der Waals surface area (Å²) in [5, 5.41) is 15.7. The standard InChI is InChI=1S/C13H23NOS/c1-10(2)8-14-6-5-13(4,15)12-7-11(3)16-9-12/h7,9-10,14-15H,5-6,8H2,1-4H3. The first-order valence-corrected chi connectivity index (χ1v) is 6.78. The minimum atomic E-state index is -0.700. The van der Waals surface area contributed by atoms with Gasteiger partial charge in [-0.1, -0.05) is 13.8 Å². The molecule has 1 aromatic rings. The minimum Gasteiger partial charge on any atom is -0.385 e. The summed E-state index contributed by atoms with van der Waals surface area (Å²) in [6.07, 6.45) is 0.760. The third kappa shape index (κ3) is 4.24. The van der Waals surface area contributed by atoms with E-state index in [0.29, 0.717) is 5.92 Å². The monoisotopic (exact) mass is 241 g/mol. The first kappa shape index (κ1) is 13.7.